The first-order chi connectivity index (χ1) is 14.9. The molecule has 1 unspecified atom stereocenters. The summed E-state index contributed by atoms with van der Waals surface area (Å²) in [5.74, 6) is -0.524. The van der Waals surface area contributed by atoms with E-state index < -0.39 is 24.2 Å². The Morgan fingerprint density at radius 2 is 1.91 bits per heavy atom. The fraction of sp³-hybridized carbons (Fsp3) is 0.696. The lowest BCUT2D eigenvalue weighted by molar-refractivity contribution is -0.273. The molecule has 2 N–H and O–H groups in total. The summed E-state index contributed by atoms with van der Waals surface area (Å²) in [7, 11) is 3.38. The lowest BCUT2D eigenvalue weighted by Crippen LogP contribution is -2.56. The van der Waals surface area contributed by atoms with Crippen LogP contribution in [-0.2, 0) is 0 Å². The first-order valence-corrected chi connectivity index (χ1v) is 11.5. The molecule has 1 heterocycles. The van der Waals surface area contributed by atoms with Crippen molar-refractivity contribution in [1.82, 2.24) is 10.2 Å². The Hall–Kier alpha value is -1.51. The van der Waals surface area contributed by atoms with Crippen molar-refractivity contribution < 1.29 is 23.1 Å². The number of hydrogen-bond donors (Lipinski definition) is 2. The zero-order chi connectivity index (χ0) is 24.1. The minimum atomic E-state index is -4.65. The van der Waals surface area contributed by atoms with Crippen molar-refractivity contribution in [3.8, 4) is 0 Å². The monoisotopic (exact) mass is 477 g/mol. The zero-order valence-electron chi connectivity index (χ0n) is 19.3. The van der Waals surface area contributed by atoms with Crippen LogP contribution in [0, 0.1) is 11.8 Å². The van der Waals surface area contributed by atoms with Crippen LogP contribution < -0.4 is 10.2 Å². The summed E-state index contributed by atoms with van der Waals surface area (Å²) in [5.41, 5.74) is -1.23. The lowest BCUT2D eigenvalue weighted by atomic mass is 9.89. The maximum absolute atomic E-state index is 13.1. The number of nitrogens with one attached hydrogen (secondary N) is 1. The number of anilines is 1. The second kappa shape index (κ2) is 11.1. The molecular formula is C23H35ClF3N3O2. The predicted octanol–water partition coefficient (Wildman–Crippen LogP) is 4.58. The van der Waals surface area contributed by atoms with E-state index in [9.17, 15) is 23.1 Å². The highest BCUT2D eigenvalue weighted by Gasteiger charge is 2.55. The number of rotatable bonds is 9. The van der Waals surface area contributed by atoms with Gasteiger partial charge in [-0.25, -0.2) is 0 Å². The van der Waals surface area contributed by atoms with Crippen molar-refractivity contribution in [2.75, 3.05) is 45.2 Å². The molecule has 0 aliphatic carbocycles. The van der Waals surface area contributed by atoms with Gasteiger partial charge in [0.05, 0.1) is 10.6 Å². The summed E-state index contributed by atoms with van der Waals surface area (Å²) in [5, 5.41) is 13.2. The van der Waals surface area contributed by atoms with Gasteiger partial charge in [-0.1, -0.05) is 25.4 Å². The molecule has 2 rings (SSSR count). The van der Waals surface area contributed by atoms with Crippen LogP contribution in [0.2, 0.25) is 5.02 Å². The van der Waals surface area contributed by atoms with Gasteiger partial charge in [-0.3, -0.25) is 4.79 Å². The van der Waals surface area contributed by atoms with E-state index in [4.69, 9.17) is 11.6 Å². The number of aliphatic hydroxyl groups is 1. The van der Waals surface area contributed by atoms with Gasteiger partial charge in [0.25, 0.3) is 5.91 Å². The van der Waals surface area contributed by atoms with Crippen molar-refractivity contribution in [2.45, 2.75) is 51.3 Å². The van der Waals surface area contributed by atoms with E-state index in [1.165, 1.54) is 18.7 Å². The molecule has 1 amide bonds. The van der Waals surface area contributed by atoms with Crippen molar-refractivity contribution in [3.63, 3.8) is 0 Å². The average Bonchev–Trinajstić information content (AvgIpc) is 2.72. The average molecular weight is 478 g/mol. The highest BCUT2D eigenvalue weighted by Crippen LogP contribution is 2.35. The molecule has 1 aromatic rings. The third kappa shape index (κ3) is 6.51. The fourth-order valence-corrected chi connectivity index (χ4v) is 4.28. The number of piperidine rings is 1. The molecule has 182 valence electrons. The number of hydrogen-bond acceptors (Lipinski definition) is 4. The summed E-state index contributed by atoms with van der Waals surface area (Å²) in [4.78, 5) is 15.9. The lowest BCUT2D eigenvalue weighted by Gasteiger charge is -2.35. The third-order valence-electron chi connectivity index (χ3n) is 6.38. The van der Waals surface area contributed by atoms with Crippen LogP contribution in [0.3, 0.4) is 0 Å². The SMILES string of the molecule is CC(C)C(O)(CNCCCC1CCN(c2ccc(C(=O)N(C)C)c(Cl)c2)CC1)C(F)(F)F. The normalized spacial score (nSPS) is 17.5. The minimum Gasteiger partial charge on any atom is -0.379 e. The number of carbonyl (C=O) groups is 1. The quantitative estimate of drug-likeness (QED) is 0.511. The Balaban J connectivity index is 1.76. The number of carbonyl (C=O) groups excluding carboxylic acids is 1. The van der Waals surface area contributed by atoms with Crippen molar-refractivity contribution in [3.05, 3.63) is 28.8 Å². The van der Waals surface area contributed by atoms with Crippen LogP contribution in [0.4, 0.5) is 18.9 Å². The van der Waals surface area contributed by atoms with E-state index in [1.807, 2.05) is 12.1 Å². The van der Waals surface area contributed by atoms with Crippen molar-refractivity contribution in [2.24, 2.45) is 11.8 Å². The highest BCUT2D eigenvalue weighted by molar-refractivity contribution is 6.34. The Morgan fingerprint density at radius 1 is 1.28 bits per heavy atom. The van der Waals surface area contributed by atoms with E-state index in [2.05, 4.69) is 10.2 Å². The maximum atomic E-state index is 13.1. The van der Waals surface area contributed by atoms with Gasteiger partial charge in [-0.2, -0.15) is 13.2 Å². The molecule has 1 saturated heterocycles. The van der Waals surface area contributed by atoms with E-state index in [1.54, 1.807) is 20.2 Å². The van der Waals surface area contributed by atoms with Gasteiger partial charge >= 0.3 is 6.18 Å². The molecule has 0 radical (unpaired) electrons. The van der Waals surface area contributed by atoms with Gasteiger partial charge in [0.2, 0.25) is 0 Å². The molecule has 0 aromatic heterocycles. The first kappa shape index (κ1) is 26.7. The molecule has 9 heteroatoms. The number of halogens is 4. The van der Waals surface area contributed by atoms with Crippen molar-refractivity contribution >= 4 is 23.2 Å². The van der Waals surface area contributed by atoms with Gasteiger partial charge in [-0.05, 0) is 62.3 Å². The molecule has 32 heavy (non-hydrogen) atoms. The minimum absolute atomic E-state index is 0.129. The Kier molecular flexibility index (Phi) is 9.25. The molecule has 0 bridgehead atoms. The van der Waals surface area contributed by atoms with Gasteiger partial charge < -0.3 is 20.2 Å². The smallest absolute Gasteiger partial charge is 0.379 e. The van der Waals surface area contributed by atoms with Gasteiger partial charge in [0, 0.05) is 39.4 Å². The molecule has 0 saturated carbocycles. The summed E-state index contributed by atoms with van der Waals surface area (Å²) in [6.45, 7) is 4.46. The Morgan fingerprint density at radius 3 is 2.41 bits per heavy atom. The predicted molar refractivity (Wildman–Crippen MR) is 122 cm³/mol. The second-order valence-electron chi connectivity index (χ2n) is 9.19. The molecular weight excluding hydrogens is 443 g/mol. The van der Waals surface area contributed by atoms with E-state index in [0.717, 1.165) is 44.5 Å². The number of alkyl halides is 3. The molecule has 1 aliphatic heterocycles. The van der Waals surface area contributed by atoms with Crippen LogP contribution in [0.15, 0.2) is 18.2 Å². The van der Waals surface area contributed by atoms with E-state index in [-0.39, 0.29) is 5.91 Å². The van der Waals surface area contributed by atoms with Gasteiger partial charge in [0.1, 0.15) is 0 Å². The standard InChI is InChI=1S/C23H35ClF3N3O2/c1-16(2)22(32,23(25,26)27)15-28-11-5-6-17-9-12-30(13-10-17)18-7-8-19(20(24)14-18)21(31)29(3)4/h7-8,14,16-17,28,32H,5-6,9-13,15H2,1-4H3. The number of benzene rings is 1. The fourth-order valence-electron chi connectivity index (χ4n) is 4.02. The Labute approximate surface area is 193 Å². The van der Waals surface area contributed by atoms with Crippen LogP contribution in [-0.4, -0.2) is 68.0 Å². The molecule has 1 atom stereocenters. The van der Waals surface area contributed by atoms with Crippen LogP contribution in [0.1, 0.15) is 49.9 Å². The molecule has 1 aliphatic rings. The van der Waals surface area contributed by atoms with E-state index in [0.29, 0.717) is 23.0 Å². The maximum Gasteiger partial charge on any atom is 0.418 e. The van der Waals surface area contributed by atoms with Crippen LogP contribution in [0.5, 0.6) is 0 Å². The summed E-state index contributed by atoms with van der Waals surface area (Å²) in [6, 6.07) is 5.51. The largest absolute Gasteiger partial charge is 0.418 e. The van der Waals surface area contributed by atoms with Gasteiger partial charge in [-0.15, -0.1) is 0 Å². The number of nitrogens with zero attached hydrogens (tertiary/aromatic N) is 2. The molecule has 5 nitrogen and oxygen atoms in total. The third-order valence-corrected chi connectivity index (χ3v) is 6.69. The first-order valence-electron chi connectivity index (χ1n) is 11.1. The molecule has 1 aromatic carbocycles. The van der Waals surface area contributed by atoms with Gasteiger partial charge in [0.15, 0.2) is 5.60 Å². The Bertz CT molecular complexity index is 765. The van der Waals surface area contributed by atoms with Crippen LogP contribution >= 0.6 is 11.6 Å². The molecule has 1 fully saturated rings. The summed E-state index contributed by atoms with van der Waals surface area (Å²) < 4.78 is 39.4. The summed E-state index contributed by atoms with van der Waals surface area (Å²) >= 11 is 6.32. The topological polar surface area (TPSA) is 55.8 Å². The highest BCUT2D eigenvalue weighted by atomic mass is 35.5. The second-order valence-corrected chi connectivity index (χ2v) is 9.60. The van der Waals surface area contributed by atoms with Crippen molar-refractivity contribution in [1.29, 1.82) is 0 Å². The van der Waals surface area contributed by atoms with Crippen LogP contribution in [0.25, 0.3) is 0 Å². The summed E-state index contributed by atoms with van der Waals surface area (Å²) in [6.07, 6.45) is -0.960. The van der Waals surface area contributed by atoms with E-state index >= 15 is 0 Å². The molecule has 0 spiro atoms. The number of amides is 1. The zero-order valence-corrected chi connectivity index (χ0v) is 20.1.